The largest absolute Gasteiger partial charge is 0.296 e. The predicted octanol–water partition coefficient (Wildman–Crippen LogP) is 3.96. The van der Waals surface area contributed by atoms with E-state index in [1.807, 2.05) is 41.3 Å². The van der Waals surface area contributed by atoms with E-state index in [0.29, 0.717) is 30.8 Å². The molecule has 0 amide bonds. The van der Waals surface area contributed by atoms with Crippen LogP contribution in [0.4, 0.5) is 8.78 Å². The van der Waals surface area contributed by atoms with Crippen LogP contribution in [0.5, 0.6) is 0 Å². The molecule has 124 valence electrons. The Hall–Kier alpha value is -2.32. The molecular weight excluding hydrogens is 308 g/mol. The van der Waals surface area contributed by atoms with Crippen molar-refractivity contribution in [1.82, 2.24) is 9.88 Å². The molecule has 3 nitrogen and oxygen atoms in total. The summed E-state index contributed by atoms with van der Waals surface area (Å²) in [5.74, 6) is -0.708. The number of pyridine rings is 1. The van der Waals surface area contributed by atoms with Crippen molar-refractivity contribution in [3.63, 3.8) is 0 Å². The first-order chi connectivity index (χ1) is 11.7. The van der Waals surface area contributed by atoms with Crippen LogP contribution in [-0.4, -0.2) is 29.1 Å². The second-order valence-corrected chi connectivity index (χ2v) is 6.17. The summed E-state index contributed by atoms with van der Waals surface area (Å²) >= 11 is 0. The molecule has 0 radical (unpaired) electrons. The number of alkyl halides is 1. The summed E-state index contributed by atoms with van der Waals surface area (Å²) in [4.78, 5) is 5.93. The van der Waals surface area contributed by atoms with Gasteiger partial charge in [0.05, 0.1) is 11.8 Å². The number of piperidine rings is 1. The van der Waals surface area contributed by atoms with Gasteiger partial charge in [-0.15, -0.1) is 0 Å². The lowest BCUT2D eigenvalue weighted by Gasteiger charge is -2.33. The van der Waals surface area contributed by atoms with E-state index < -0.39 is 12.1 Å². The Morgan fingerprint density at radius 3 is 2.67 bits per heavy atom. The molecule has 0 aliphatic carbocycles. The highest BCUT2D eigenvalue weighted by atomic mass is 19.1. The van der Waals surface area contributed by atoms with E-state index in [9.17, 15) is 8.78 Å². The van der Waals surface area contributed by atoms with Crippen LogP contribution < -0.4 is 0 Å². The van der Waals surface area contributed by atoms with Gasteiger partial charge in [0.2, 0.25) is 5.95 Å². The van der Waals surface area contributed by atoms with Gasteiger partial charge in [0.25, 0.3) is 0 Å². The highest BCUT2D eigenvalue weighted by molar-refractivity contribution is 5.58. The first-order valence-corrected chi connectivity index (χ1v) is 8.11. The molecule has 3 rings (SSSR count). The maximum atomic E-state index is 14.3. The van der Waals surface area contributed by atoms with Crippen LogP contribution in [0.3, 0.4) is 0 Å². The van der Waals surface area contributed by atoms with Gasteiger partial charge in [-0.3, -0.25) is 4.90 Å². The number of hydrogen-bond donors (Lipinski definition) is 0. The molecule has 0 N–H and O–H groups in total. The van der Waals surface area contributed by atoms with E-state index in [-0.39, 0.29) is 18.9 Å². The van der Waals surface area contributed by atoms with Crippen LogP contribution in [-0.2, 0) is 6.54 Å². The van der Waals surface area contributed by atoms with Gasteiger partial charge < -0.3 is 0 Å². The predicted molar refractivity (Wildman–Crippen MR) is 88.1 cm³/mol. The lowest BCUT2D eigenvalue weighted by Crippen LogP contribution is -2.41. The zero-order chi connectivity index (χ0) is 16.9. The molecule has 2 aromatic rings. The lowest BCUT2D eigenvalue weighted by molar-refractivity contribution is 0.0813. The van der Waals surface area contributed by atoms with E-state index in [1.165, 1.54) is 0 Å². The molecule has 1 saturated heterocycles. The van der Waals surface area contributed by atoms with Gasteiger partial charge in [-0.1, -0.05) is 36.4 Å². The van der Waals surface area contributed by atoms with Crippen molar-refractivity contribution in [2.45, 2.75) is 25.6 Å². The SMILES string of the molecule is N#CCC1CCN(Cc2ccc(-c3ccccc3)nc2F)CC1F. The number of nitrogens with zero attached hydrogens (tertiary/aromatic N) is 3. The van der Waals surface area contributed by atoms with Gasteiger partial charge in [0, 0.05) is 36.6 Å². The molecule has 0 bridgehead atoms. The van der Waals surface area contributed by atoms with E-state index in [4.69, 9.17) is 5.26 Å². The molecule has 1 fully saturated rings. The molecule has 2 unspecified atom stereocenters. The molecule has 2 atom stereocenters. The van der Waals surface area contributed by atoms with Crippen molar-refractivity contribution in [2.75, 3.05) is 13.1 Å². The van der Waals surface area contributed by atoms with Gasteiger partial charge in [0.1, 0.15) is 6.17 Å². The number of aromatic nitrogens is 1. The molecule has 24 heavy (non-hydrogen) atoms. The number of halogens is 2. The zero-order valence-electron chi connectivity index (χ0n) is 13.3. The summed E-state index contributed by atoms with van der Waals surface area (Å²) < 4.78 is 28.4. The summed E-state index contributed by atoms with van der Waals surface area (Å²) in [6, 6.07) is 15.0. The van der Waals surface area contributed by atoms with Crippen molar-refractivity contribution in [3.8, 4) is 17.3 Å². The van der Waals surface area contributed by atoms with E-state index in [0.717, 1.165) is 5.56 Å². The van der Waals surface area contributed by atoms with Crippen LogP contribution in [0, 0.1) is 23.2 Å². The topological polar surface area (TPSA) is 39.9 Å². The maximum absolute atomic E-state index is 14.3. The highest BCUT2D eigenvalue weighted by Gasteiger charge is 2.29. The third-order valence-corrected chi connectivity index (χ3v) is 4.50. The summed E-state index contributed by atoms with van der Waals surface area (Å²) in [6.45, 7) is 1.26. The van der Waals surface area contributed by atoms with Crippen molar-refractivity contribution < 1.29 is 8.78 Å². The first-order valence-electron chi connectivity index (χ1n) is 8.11. The fourth-order valence-electron chi connectivity index (χ4n) is 3.10. The van der Waals surface area contributed by atoms with Crippen LogP contribution in [0.1, 0.15) is 18.4 Å². The molecule has 2 heterocycles. The first kappa shape index (κ1) is 16.5. The molecule has 1 aromatic carbocycles. The lowest BCUT2D eigenvalue weighted by atomic mass is 9.92. The number of hydrogen-bond acceptors (Lipinski definition) is 3. The Kier molecular flexibility index (Phi) is 5.17. The van der Waals surface area contributed by atoms with E-state index >= 15 is 0 Å². The summed E-state index contributed by atoms with van der Waals surface area (Å²) in [5.41, 5.74) is 1.93. The minimum Gasteiger partial charge on any atom is -0.296 e. The molecule has 1 aliphatic heterocycles. The van der Waals surface area contributed by atoms with Gasteiger partial charge >= 0.3 is 0 Å². The van der Waals surface area contributed by atoms with E-state index in [1.54, 1.807) is 12.1 Å². The maximum Gasteiger partial charge on any atom is 0.217 e. The molecular formula is C19H19F2N3. The smallest absolute Gasteiger partial charge is 0.217 e. The number of nitriles is 1. The summed E-state index contributed by atoms with van der Waals surface area (Å²) in [6.07, 6.45) is -0.152. The zero-order valence-corrected chi connectivity index (χ0v) is 13.3. The second kappa shape index (κ2) is 7.50. The Morgan fingerprint density at radius 1 is 1.21 bits per heavy atom. The molecule has 0 saturated carbocycles. The summed E-state index contributed by atoms with van der Waals surface area (Å²) in [7, 11) is 0. The number of rotatable bonds is 4. The third-order valence-electron chi connectivity index (χ3n) is 4.50. The Labute approximate surface area is 140 Å². The van der Waals surface area contributed by atoms with Gasteiger partial charge in [0.15, 0.2) is 0 Å². The average molecular weight is 327 g/mol. The van der Waals surface area contributed by atoms with Gasteiger partial charge in [-0.2, -0.15) is 9.65 Å². The summed E-state index contributed by atoms with van der Waals surface area (Å²) in [5, 5.41) is 8.71. The van der Waals surface area contributed by atoms with Crippen molar-refractivity contribution >= 4 is 0 Å². The molecule has 0 spiro atoms. The van der Waals surface area contributed by atoms with Crippen molar-refractivity contribution in [1.29, 1.82) is 5.26 Å². The highest BCUT2D eigenvalue weighted by Crippen LogP contribution is 2.25. The molecule has 1 aliphatic rings. The fourth-order valence-corrected chi connectivity index (χ4v) is 3.10. The average Bonchev–Trinajstić information content (AvgIpc) is 2.60. The monoisotopic (exact) mass is 327 g/mol. The molecule has 1 aromatic heterocycles. The second-order valence-electron chi connectivity index (χ2n) is 6.17. The van der Waals surface area contributed by atoms with E-state index in [2.05, 4.69) is 4.98 Å². The van der Waals surface area contributed by atoms with Crippen molar-refractivity contribution in [2.24, 2.45) is 5.92 Å². The standard InChI is InChI=1S/C19H19F2N3/c20-17-13-24(11-9-14(17)8-10-22)12-16-6-7-18(23-19(16)21)15-4-2-1-3-5-15/h1-7,14,17H,8-9,11-13H2. The van der Waals surface area contributed by atoms with Crippen molar-refractivity contribution in [3.05, 3.63) is 54.0 Å². The Balaban J connectivity index is 1.67. The van der Waals surface area contributed by atoms with Crippen LogP contribution in [0.25, 0.3) is 11.3 Å². The van der Waals surface area contributed by atoms with Crippen LogP contribution in [0.2, 0.25) is 0 Å². The minimum atomic E-state index is -1.03. The Bertz CT molecular complexity index is 727. The van der Waals surface area contributed by atoms with Gasteiger partial charge in [-0.05, 0) is 19.0 Å². The van der Waals surface area contributed by atoms with Crippen LogP contribution >= 0.6 is 0 Å². The van der Waals surface area contributed by atoms with Gasteiger partial charge in [-0.25, -0.2) is 9.37 Å². The number of likely N-dealkylation sites (tertiary alicyclic amines) is 1. The minimum absolute atomic E-state index is 0.199. The Morgan fingerprint density at radius 2 is 2.00 bits per heavy atom. The fraction of sp³-hybridized carbons (Fsp3) is 0.368. The quantitative estimate of drug-likeness (QED) is 0.798. The normalized spacial score (nSPS) is 21.4. The van der Waals surface area contributed by atoms with Crippen LogP contribution in [0.15, 0.2) is 42.5 Å². The third kappa shape index (κ3) is 3.77. The number of benzene rings is 1. The molecule has 5 heteroatoms.